The van der Waals surface area contributed by atoms with Crippen LogP contribution in [0.4, 0.5) is 13.2 Å². The predicted octanol–water partition coefficient (Wildman–Crippen LogP) is 9.34. The summed E-state index contributed by atoms with van der Waals surface area (Å²) in [6.07, 6.45) is 2.92. The summed E-state index contributed by atoms with van der Waals surface area (Å²) in [7, 11) is 6.77. The van der Waals surface area contributed by atoms with E-state index < -0.39 is 31.2 Å². The Morgan fingerprint density at radius 1 is 0.692 bits per heavy atom. The van der Waals surface area contributed by atoms with Crippen LogP contribution in [-0.2, 0) is 23.9 Å². The molecule has 0 saturated carbocycles. The Kier molecular flexibility index (Phi) is 22.3. The fourth-order valence-electron chi connectivity index (χ4n) is 6.57. The summed E-state index contributed by atoms with van der Waals surface area (Å²) in [5.74, 6) is -3.13. The van der Waals surface area contributed by atoms with E-state index >= 15 is 0 Å². The van der Waals surface area contributed by atoms with E-state index in [1.165, 1.54) is 69.8 Å². The Hall–Kier alpha value is -5.59. The first-order valence-corrected chi connectivity index (χ1v) is 28.9. The maximum absolute atomic E-state index is 13.2. The number of pyridine rings is 2. The number of nitrogens with zero attached hydrogens (tertiary/aromatic N) is 9. The summed E-state index contributed by atoms with van der Waals surface area (Å²) >= 11 is 27.0. The van der Waals surface area contributed by atoms with Crippen LogP contribution in [0.15, 0.2) is 82.9 Å². The number of ether oxygens (including phenoxy) is 2. The Labute approximate surface area is 477 Å². The average molecular weight is 1260 g/mol. The molecule has 0 spiro atoms. The molecule has 20 nitrogen and oxygen atoms in total. The molecule has 2 aromatic carbocycles. The van der Waals surface area contributed by atoms with Gasteiger partial charge in [-0.05, 0) is 66.9 Å². The molecule has 418 valence electrons. The van der Waals surface area contributed by atoms with Crippen molar-refractivity contribution in [2.24, 2.45) is 0 Å². The number of carbonyl (C=O) groups excluding carboxylic acids is 2. The molecule has 78 heavy (non-hydrogen) atoms. The summed E-state index contributed by atoms with van der Waals surface area (Å²) < 4.78 is 91.1. The number of halogens is 8. The molecule has 32 heteroatoms. The number of carboxylic acids is 1. The average Bonchev–Trinajstić information content (AvgIpc) is 4.11. The number of aromatic nitrogens is 6. The van der Waals surface area contributed by atoms with E-state index in [0.717, 1.165) is 46.2 Å². The van der Waals surface area contributed by atoms with Crippen molar-refractivity contribution in [2.45, 2.75) is 28.8 Å². The van der Waals surface area contributed by atoms with Gasteiger partial charge < -0.3 is 29.7 Å². The van der Waals surface area contributed by atoms with Crippen LogP contribution in [0.25, 0.3) is 32.3 Å². The minimum atomic E-state index is -5.08. The predicted molar refractivity (Wildman–Crippen MR) is 292 cm³/mol. The lowest BCUT2D eigenvalue weighted by Gasteiger charge is -2.25. The fraction of sp³-hybridized carbons (Fsp3) is 0.283. The Bertz CT molecular complexity index is 3480. The molecule has 2 aliphatic rings. The van der Waals surface area contributed by atoms with Crippen molar-refractivity contribution in [3.05, 3.63) is 114 Å². The molecular formula is C46H44Cl5F3N10O10S4. The third-order valence-corrected chi connectivity index (χ3v) is 16.7. The zero-order valence-electron chi connectivity index (χ0n) is 41.5. The molecule has 0 unspecified atom stereocenters. The van der Waals surface area contributed by atoms with Crippen LogP contribution in [0, 0.1) is 0 Å². The summed E-state index contributed by atoms with van der Waals surface area (Å²) in [5, 5.41) is 31.8. The fourth-order valence-corrected chi connectivity index (χ4v) is 11.8. The third kappa shape index (κ3) is 16.7. The van der Waals surface area contributed by atoms with E-state index in [-0.39, 0.29) is 56.5 Å². The highest BCUT2D eigenvalue weighted by Crippen LogP contribution is 2.36. The minimum absolute atomic E-state index is 0.00472. The van der Waals surface area contributed by atoms with Gasteiger partial charge in [0.2, 0.25) is 21.8 Å². The van der Waals surface area contributed by atoms with Crippen LogP contribution in [0.5, 0.6) is 11.8 Å². The molecule has 0 atom stereocenters. The third-order valence-electron chi connectivity index (χ3n) is 10.4. The van der Waals surface area contributed by atoms with E-state index in [9.17, 15) is 39.6 Å². The van der Waals surface area contributed by atoms with Gasteiger partial charge in [0.15, 0.2) is 0 Å². The molecule has 2 amide bonds. The number of hydrogen-bond acceptors (Lipinski definition) is 18. The summed E-state index contributed by atoms with van der Waals surface area (Å²) in [4.78, 5) is 43.4. The number of methoxy groups -OCH3 is 2. The first kappa shape index (κ1) is 63.2. The second-order valence-electron chi connectivity index (χ2n) is 16.2. The Balaban J connectivity index is 0.000000222. The van der Waals surface area contributed by atoms with Gasteiger partial charge >= 0.3 is 12.1 Å². The SMILES string of the molecule is CN(C)C(=O)c1ccc(-c2nnc(C3=CCNCC3)s2)cc1Cl.COc1ncc(Cl)cc1S(=O)(=O)Cl.COc1ncc(Cl)cc1S(=O)(=O)N1CC=C(c2nnc(-c3ccc(C(=O)N(C)C)c(Cl)c3)s2)CC1.O=C(O)C(F)(F)F. The van der Waals surface area contributed by atoms with Gasteiger partial charge in [0.05, 0.1) is 45.4 Å². The van der Waals surface area contributed by atoms with Gasteiger partial charge in [0.1, 0.15) is 29.8 Å². The largest absolute Gasteiger partial charge is 0.490 e. The van der Waals surface area contributed by atoms with E-state index in [4.69, 9.17) is 76.5 Å². The van der Waals surface area contributed by atoms with E-state index in [1.54, 1.807) is 69.9 Å². The standard InChI is InChI=1S/C22H21Cl2N5O4S2.C16H17ClN4OS.C6H5Cl2NO3S.C2HF3O2/c1-28(2)22(30)16-5-4-14(10-17(16)24)21-27-26-20(34-21)13-6-8-29(9-7-13)35(31,32)18-11-15(23)12-25-19(18)33-3;1-21(2)16(22)12-4-3-11(9-13(12)17)15-20-19-14(23-15)10-5-7-18-8-6-10;1-12-6-5(13(8,10)11)2-4(7)3-9-6;3-2(4,5)1(6)7/h4-6,10-12H,7-9H2,1-3H3;3-5,9,18H,6-8H2,1-2H3;2-3H,1H3;(H,6,7). The van der Waals surface area contributed by atoms with Crippen molar-refractivity contribution in [1.82, 2.24) is 49.8 Å². The topological polar surface area (TPSA) is 257 Å². The summed E-state index contributed by atoms with van der Waals surface area (Å²) in [5.41, 5.74) is 4.66. The molecular weight excluding hydrogens is 1220 g/mol. The molecule has 0 fully saturated rings. The van der Waals surface area contributed by atoms with E-state index in [2.05, 4.69) is 41.8 Å². The number of carbonyl (C=O) groups is 3. The van der Waals surface area contributed by atoms with E-state index in [1.807, 2.05) is 12.1 Å². The van der Waals surface area contributed by atoms with E-state index in [0.29, 0.717) is 37.6 Å². The second kappa shape index (κ2) is 27.5. The number of aliphatic carboxylic acids is 1. The second-order valence-corrected chi connectivity index (χ2v) is 24.3. The van der Waals surface area contributed by atoms with Gasteiger partial charge in [-0.2, -0.15) is 17.5 Å². The van der Waals surface area contributed by atoms with Crippen LogP contribution >= 0.6 is 79.8 Å². The molecule has 2 aliphatic heterocycles. The van der Waals surface area contributed by atoms with Crippen molar-refractivity contribution in [3.63, 3.8) is 0 Å². The van der Waals surface area contributed by atoms with Crippen molar-refractivity contribution in [2.75, 3.05) is 68.6 Å². The normalized spacial score (nSPS) is 13.7. The number of amides is 2. The number of alkyl halides is 3. The monoisotopic (exact) mass is 1260 g/mol. The van der Waals surface area contributed by atoms with Gasteiger partial charge in [-0.3, -0.25) is 9.59 Å². The van der Waals surface area contributed by atoms with Crippen LogP contribution in [-0.4, -0.2) is 159 Å². The van der Waals surface area contributed by atoms with Crippen molar-refractivity contribution in [1.29, 1.82) is 0 Å². The molecule has 6 aromatic rings. The minimum Gasteiger partial charge on any atom is -0.480 e. The molecule has 0 radical (unpaired) electrons. The first-order valence-electron chi connectivity index (χ1n) is 22.0. The maximum atomic E-state index is 13.2. The lowest BCUT2D eigenvalue weighted by molar-refractivity contribution is -0.192. The first-order chi connectivity index (χ1) is 36.6. The lowest BCUT2D eigenvalue weighted by atomic mass is 10.1. The van der Waals surface area contributed by atoms with Gasteiger partial charge in [-0.25, -0.2) is 31.6 Å². The number of nitrogens with one attached hydrogen (secondary N) is 1. The Morgan fingerprint density at radius 3 is 1.50 bits per heavy atom. The highest BCUT2D eigenvalue weighted by atomic mass is 35.7. The zero-order valence-corrected chi connectivity index (χ0v) is 48.5. The zero-order chi connectivity index (χ0) is 57.9. The molecule has 8 rings (SSSR count). The highest BCUT2D eigenvalue weighted by Gasteiger charge is 2.38. The molecule has 0 bridgehead atoms. The van der Waals surface area contributed by atoms with Crippen LogP contribution in [0.1, 0.15) is 43.6 Å². The van der Waals surface area contributed by atoms with Crippen LogP contribution in [0.3, 0.4) is 0 Å². The summed E-state index contributed by atoms with van der Waals surface area (Å²) in [6.45, 7) is 2.26. The van der Waals surface area contributed by atoms with Gasteiger partial charge in [-0.1, -0.05) is 93.4 Å². The molecule has 0 saturated heterocycles. The highest BCUT2D eigenvalue weighted by molar-refractivity contribution is 8.13. The Morgan fingerprint density at radius 2 is 1.13 bits per heavy atom. The number of benzene rings is 2. The molecule has 6 heterocycles. The number of carboxylic acid groups (broad SMARTS) is 1. The number of rotatable bonds is 11. The molecule has 0 aliphatic carbocycles. The van der Waals surface area contributed by atoms with Gasteiger partial charge in [0.25, 0.3) is 20.9 Å². The van der Waals surface area contributed by atoms with Crippen LogP contribution in [0.2, 0.25) is 20.1 Å². The number of hydrogen-bond donors (Lipinski definition) is 2. The molecule has 2 N–H and O–H groups in total. The van der Waals surface area contributed by atoms with Crippen LogP contribution < -0.4 is 14.8 Å². The van der Waals surface area contributed by atoms with Gasteiger partial charge in [0, 0.05) is 82.0 Å². The summed E-state index contributed by atoms with van der Waals surface area (Å²) in [6, 6.07) is 13.0. The van der Waals surface area contributed by atoms with Crippen molar-refractivity contribution < 1.29 is 59.0 Å². The van der Waals surface area contributed by atoms with Gasteiger partial charge in [-0.15, -0.1) is 20.4 Å². The maximum Gasteiger partial charge on any atom is 0.490 e. The van der Waals surface area contributed by atoms with Crippen molar-refractivity contribution >= 4 is 128 Å². The smallest absolute Gasteiger partial charge is 0.480 e. The van der Waals surface area contributed by atoms with Crippen molar-refractivity contribution in [3.8, 4) is 32.9 Å². The number of sulfonamides is 1. The quantitative estimate of drug-likeness (QED) is 0.115. The molecule has 4 aromatic heterocycles. The lowest BCUT2D eigenvalue weighted by Crippen LogP contribution is -2.35.